The van der Waals surface area contributed by atoms with Crippen molar-refractivity contribution >= 4 is 23.2 Å². The maximum Gasteiger partial charge on any atom is 0.262 e. The second-order valence-electron chi connectivity index (χ2n) is 6.89. The van der Waals surface area contributed by atoms with Crippen molar-refractivity contribution < 1.29 is 23.8 Å². The molecular weight excluding hydrogens is 396 g/mol. The number of anilines is 2. The molecule has 0 fully saturated rings. The Bertz CT molecular complexity index is 1140. The molecule has 0 aromatic heterocycles. The molecule has 2 amide bonds. The molecule has 0 bridgehead atoms. The average molecular weight is 418 g/mol. The number of fused-ring (bicyclic) bond motifs is 2. The first-order chi connectivity index (χ1) is 15.0. The second-order valence-corrected chi connectivity index (χ2v) is 6.89. The summed E-state index contributed by atoms with van der Waals surface area (Å²) in [4.78, 5) is 27.7. The number of amides is 2. The highest BCUT2D eigenvalue weighted by atomic mass is 16.5. The largest absolute Gasteiger partial charge is 0.497 e. The molecule has 0 saturated heterocycles. The number of hydrogen-bond acceptors (Lipinski definition) is 5. The molecule has 31 heavy (non-hydrogen) atoms. The summed E-state index contributed by atoms with van der Waals surface area (Å²) < 4.78 is 16.5. The van der Waals surface area contributed by atoms with Gasteiger partial charge < -0.3 is 24.4 Å². The third-order valence-corrected chi connectivity index (χ3v) is 5.02. The van der Waals surface area contributed by atoms with Gasteiger partial charge in [0.15, 0.2) is 5.75 Å². The van der Waals surface area contributed by atoms with Crippen LogP contribution in [0, 0.1) is 0 Å². The normalized spacial score (nSPS) is 12.2. The number of ether oxygens (including phenoxy) is 3. The van der Waals surface area contributed by atoms with E-state index >= 15 is 0 Å². The van der Waals surface area contributed by atoms with E-state index in [0.29, 0.717) is 52.0 Å². The Morgan fingerprint density at radius 1 is 0.968 bits per heavy atom. The fourth-order valence-corrected chi connectivity index (χ4v) is 3.46. The van der Waals surface area contributed by atoms with Crippen LogP contribution < -0.4 is 24.4 Å². The minimum Gasteiger partial charge on any atom is -0.497 e. The molecule has 1 heterocycles. The van der Waals surface area contributed by atoms with Crippen LogP contribution in [0.4, 0.5) is 11.4 Å². The first-order valence-electron chi connectivity index (χ1n) is 9.81. The van der Waals surface area contributed by atoms with Gasteiger partial charge in [-0.3, -0.25) is 9.59 Å². The Kier molecular flexibility index (Phi) is 5.49. The highest BCUT2D eigenvalue weighted by Gasteiger charge is 2.27. The molecule has 3 aromatic rings. The number of nitrogens with zero attached hydrogens (tertiary/aromatic N) is 1. The summed E-state index contributed by atoms with van der Waals surface area (Å²) in [5.74, 6) is 1.51. The summed E-state index contributed by atoms with van der Waals surface area (Å²) in [6, 6.07) is 17.3. The summed E-state index contributed by atoms with van der Waals surface area (Å²) in [7, 11) is 3.04. The standard InChI is InChI=1S/C24H22N2O5/c1-4-26-20-7-5-6-8-22(20)31-21-10-9-16(13-19(21)24(26)28)25-23(27)15-11-17(29-2)14-18(12-15)30-3/h5-14H,4H2,1-3H3,(H,25,27). The SMILES string of the molecule is CCN1C(=O)c2cc(NC(=O)c3cc(OC)cc(OC)c3)ccc2Oc2ccccc21. The van der Waals surface area contributed by atoms with Gasteiger partial charge in [0.05, 0.1) is 25.5 Å². The van der Waals surface area contributed by atoms with Crippen molar-refractivity contribution in [2.24, 2.45) is 0 Å². The van der Waals surface area contributed by atoms with Crippen molar-refractivity contribution in [2.45, 2.75) is 6.92 Å². The summed E-state index contributed by atoms with van der Waals surface area (Å²) in [6.07, 6.45) is 0. The number of nitrogens with one attached hydrogen (secondary N) is 1. The molecule has 1 aliphatic rings. The maximum absolute atomic E-state index is 13.2. The lowest BCUT2D eigenvalue weighted by Gasteiger charge is -2.19. The van der Waals surface area contributed by atoms with E-state index in [1.807, 2.05) is 31.2 Å². The van der Waals surface area contributed by atoms with Crippen LogP contribution in [0.25, 0.3) is 0 Å². The van der Waals surface area contributed by atoms with E-state index < -0.39 is 0 Å². The predicted molar refractivity (Wildman–Crippen MR) is 118 cm³/mol. The van der Waals surface area contributed by atoms with E-state index in [9.17, 15) is 9.59 Å². The first kappa shape index (κ1) is 20.3. The molecule has 0 radical (unpaired) electrons. The van der Waals surface area contributed by atoms with Crippen LogP contribution in [0.3, 0.4) is 0 Å². The van der Waals surface area contributed by atoms with Crippen LogP contribution in [0.2, 0.25) is 0 Å². The van der Waals surface area contributed by atoms with Crippen molar-refractivity contribution in [3.8, 4) is 23.0 Å². The van der Waals surface area contributed by atoms with E-state index in [4.69, 9.17) is 14.2 Å². The van der Waals surface area contributed by atoms with Crippen molar-refractivity contribution in [1.29, 1.82) is 0 Å². The molecule has 7 heteroatoms. The topological polar surface area (TPSA) is 77.1 Å². The van der Waals surface area contributed by atoms with E-state index in [1.54, 1.807) is 41.3 Å². The molecule has 4 rings (SSSR count). The molecule has 0 saturated carbocycles. The lowest BCUT2D eigenvalue weighted by Crippen LogP contribution is -2.29. The van der Waals surface area contributed by atoms with Gasteiger partial charge in [-0.25, -0.2) is 0 Å². The molecule has 1 N–H and O–H groups in total. The van der Waals surface area contributed by atoms with Crippen LogP contribution in [-0.4, -0.2) is 32.6 Å². The van der Waals surface area contributed by atoms with Gasteiger partial charge in [0.2, 0.25) is 0 Å². The fourth-order valence-electron chi connectivity index (χ4n) is 3.46. The Balaban J connectivity index is 1.66. The lowest BCUT2D eigenvalue weighted by atomic mass is 10.1. The first-order valence-corrected chi connectivity index (χ1v) is 9.81. The van der Waals surface area contributed by atoms with Crippen molar-refractivity contribution in [3.05, 3.63) is 71.8 Å². The number of para-hydroxylation sites is 2. The summed E-state index contributed by atoms with van der Waals surface area (Å²) >= 11 is 0. The van der Waals surface area contributed by atoms with Crippen LogP contribution in [-0.2, 0) is 0 Å². The second kappa shape index (κ2) is 8.39. The highest BCUT2D eigenvalue weighted by Crippen LogP contribution is 2.39. The monoisotopic (exact) mass is 418 g/mol. The van der Waals surface area contributed by atoms with Gasteiger partial charge in [-0.05, 0) is 49.4 Å². The zero-order valence-corrected chi connectivity index (χ0v) is 17.5. The molecule has 0 unspecified atom stereocenters. The van der Waals surface area contributed by atoms with Gasteiger partial charge >= 0.3 is 0 Å². The zero-order chi connectivity index (χ0) is 22.0. The minimum absolute atomic E-state index is 0.193. The molecule has 1 aliphatic heterocycles. The third kappa shape index (κ3) is 3.90. The zero-order valence-electron chi connectivity index (χ0n) is 17.5. The minimum atomic E-state index is -0.352. The smallest absolute Gasteiger partial charge is 0.262 e. The van der Waals surface area contributed by atoms with Crippen molar-refractivity contribution in [1.82, 2.24) is 0 Å². The van der Waals surface area contributed by atoms with Crippen LogP contribution in [0.5, 0.6) is 23.0 Å². The number of carbonyl (C=O) groups excluding carboxylic acids is 2. The van der Waals surface area contributed by atoms with E-state index in [-0.39, 0.29) is 11.8 Å². The number of methoxy groups -OCH3 is 2. The summed E-state index contributed by atoms with van der Waals surface area (Å²) in [5, 5.41) is 2.83. The van der Waals surface area contributed by atoms with Gasteiger partial charge in [-0.1, -0.05) is 12.1 Å². The van der Waals surface area contributed by atoms with Crippen molar-refractivity contribution in [3.63, 3.8) is 0 Å². The third-order valence-electron chi connectivity index (χ3n) is 5.02. The molecule has 0 spiro atoms. The Hall–Kier alpha value is -4.00. The van der Waals surface area contributed by atoms with E-state index in [2.05, 4.69) is 5.32 Å². The van der Waals surface area contributed by atoms with Crippen molar-refractivity contribution in [2.75, 3.05) is 31.0 Å². The molecule has 3 aromatic carbocycles. The van der Waals surface area contributed by atoms with Crippen LogP contribution in [0.1, 0.15) is 27.6 Å². The van der Waals surface area contributed by atoms with Gasteiger partial charge in [0.25, 0.3) is 11.8 Å². The molecular formula is C24H22N2O5. The quantitative estimate of drug-likeness (QED) is 0.648. The predicted octanol–water partition coefficient (Wildman–Crippen LogP) is 4.73. The fraction of sp³-hybridized carbons (Fsp3) is 0.167. The summed E-state index contributed by atoms with van der Waals surface area (Å²) in [5.41, 5.74) is 1.93. The van der Waals surface area contributed by atoms with E-state index in [1.165, 1.54) is 14.2 Å². The number of hydrogen-bond donors (Lipinski definition) is 1. The highest BCUT2D eigenvalue weighted by molar-refractivity contribution is 6.11. The molecule has 0 atom stereocenters. The van der Waals surface area contributed by atoms with Gasteiger partial charge in [0.1, 0.15) is 17.2 Å². The van der Waals surface area contributed by atoms with Crippen LogP contribution >= 0.6 is 0 Å². The maximum atomic E-state index is 13.2. The van der Waals surface area contributed by atoms with Gasteiger partial charge in [-0.2, -0.15) is 0 Å². The van der Waals surface area contributed by atoms with Gasteiger partial charge in [-0.15, -0.1) is 0 Å². The van der Waals surface area contributed by atoms with Crippen LogP contribution in [0.15, 0.2) is 60.7 Å². The molecule has 0 aliphatic carbocycles. The number of carbonyl (C=O) groups is 2. The Morgan fingerprint density at radius 3 is 2.35 bits per heavy atom. The summed E-state index contributed by atoms with van der Waals surface area (Å²) in [6.45, 7) is 2.39. The van der Waals surface area contributed by atoms with Gasteiger partial charge in [0, 0.05) is 23.9 Å². The lowest BCUT2D eigenvalue weighted by molar-refractivity contribution is 0.0985. The Labute approximate surface area is 180 Å². The number of benzene rings is 3. The molecule has 158 valence electrons. The molecule has 7 nitrogen and oxygen atoms in total. The van der Waals surface area contributed by atoms with E-state index in [0.717, 1.165) is 0 Å². The average Bonchev–Trinajstić information content (AvgIpc) is 2.92. The number of rotatable bonds is 5. The Morgan fingerprint density at radius 2 is 1.68 bits per heavy atom.